The zero-order valence-corrected chi connectivity index (χ0v) is 9.53. The van der Waals surface area contributed by atoms with Crippen LogP contribution in [0.25, 0.3) is 0 Å². The Labute approximate surface area is 87.7 Å². The molecule has 0 saturated carbocycles. The zero-order chi connectivity index (χ0) is 10.4. The fourth-order valence-corrected chi connectivity index (χ4v) is 1.69. The monoisotopic (exact) mass is 191 g/mol. The lowest BCUT2D eigenvalue weighted by atomic mass is 10.2. The van der Waals surface area contributed by atoms with E-state index in [1.807, 2.05) is 18.2 Å². The third-order valence-electron chi connectivity index (χ3n) is 2.57. The number of hydrogen-bond acceptors (Lipinski definition) is 1. The van der Waals surface area contributed by atoms with E-state index in [1.54, 1.807) is 0 Å². The topological polar surface area (TPSA) is 3.24 Å². The van der Waals surface area contributed by atoms with Crippen LogP contribution in [0.1, 0.15) is 18.9 Å². The molecule has 1 fully saturated rings. The Bertz CT molecular complexity index is 235. The summed E-state index contributed by atoms with van der Waals surface area (Å²) in [6.07, 6.45) is 1.40. The Balaban J connectivity index is 0.000000140. The first-order chi connectivity index (χ1) is 6.68. The second-order valence-electron chi connectivity index (χ2n) is 4.31. The quantitative estimate of drug-likeness (QED) is 0.609. The van der Waals surface area contributed by atoms with Crippen LogP contribution in [0.5, 0.6) is 0 Å². The van der Waals surface area contributed by atoms with E-state index >= 15 is 0 Å². The Kier molecular flexibility index (Phi) is 4.68. The van der Waals surface area contributed by atoms with Crippen LogP contribution in [0.3, 0.4) is 0 Å². The Morgan fingerprint density at radius 3 is 2.07 bits per heavy atom. The van der Waals surface area contributed by atoms with Gasteiger partial charge in [-0.2, -0.15) is 0 Å². The molecule has 0 bridgehead atoms. The maximum atomic E-state index is 2.38. The van der Waals surface area contributed by atoms with Crippen molar-refractivity contribution in [2.45, 2.75) is 20.3 Å². The van der Waals surface area contributed by atoms with Crippen molar-refractivity contribution >= 4 is 0 Å². The molecule has 1 unspecified atom stereocenters. The van der Waals surface area contributed by atoms with Gasteiger partial charge in [0, 0.05) is 6.54 Å². The molecule has 0 amide bonds. The number of nitrogens with zero attached hydrogens (tertiary/aromatic N) is 1. The zero-order valence-electron chi connectivity index (χ0n) is 9.53. The van der Waals surface area contributed by atoms with Crippen LogP contribution in [0.2, 0.25) is 0 Å². The fraction of sp³-hybridized carbons (Fsp3) is 0.538. The van der Waals surface area contributed by atoms with Crippen LogP contribution in [0.4, 0.5) is 0 Å². The molecule has 0 aliphatic carbocycles. The lowest BCUT2D eigenvalue weighted by Gasteiger charge is -2.03. The molecule has 1 aromatic rings. The Morgan fingerprint density at radius 2 is 1.86 bits per heavy atom. The summed E-state index contributed by atoms with van der Waals surface area (Å²) in [5, 5.41) is 0. The van der Waals surface area contributed by atoms with Gasteiger partial charge in [0.2, 0.25) is 0 Å². The molecule has 1 saturated heterocycles. The van der Waals surface area contributed by atoms with E-state index in [-0.39, 0.29) is 0 Å². The number of hydrogen-bond donors (Lipinski definition) is 0. The number of likely N-dealkylation sites (tertiary alicyclic amines) is 1. The lowest BCUT2D eigenvalue weighted by Crippen LogP contribution is -2.12. The van der Waals surface area contributed by atoms with E-state index < -0.39 is 0 Å². The summed E-state index contributed by atoms with van der Waals surface area (Å²) in [7, 11) is 2.18. The van der Waals surface area contributed by atoms with Crippen LogP contribution in [-0.2, 0) is 0 Å². The van der Waals surface area contributed by atoms with Gasteiger partial charge < -0.3 is 4.90 Å². The van der Waals surface area contributed by atoms with Crippen molar-refractivity contribution in [3.05, 3.63) is 35.9 Å². The summed E-state index contributed by atoms with van der Waals surface area (Å²) in [6, 6.07) is 10.3. The van der Waals surface area contributed by atoms with Crippen LogP contribution in [-0.4, -0.2) is 25.0 Å². The van der Waals surface area contributed by atoms with E-state index in [1.165, 1.54) is 25.1 Å². The standard InChI is InChI=1S/C7H8.C6H13N/c1-7-5-3-2-4-6-7;1-6-3-4-7(2)5-6/h2-6H,1H3;6H,3-5H2,1-2H3. The first-order valence-corrected chi connectivity index (χ1v) is 5.38. The highest BCUT2D eigenvalue weighted by Crippen LogP contribution is 2.11. The first kappa shape index (κ1) is 11.3. The van der Waals surface area contributed by atoms with Crippen molar-refractivity contribution < 1.29 is 0 Å². The second-order valence-corrected chi connectivity index (χ2v) is 4.31. The predicted octanol–water partition coefficient (Wildman–Crippen LogP) is 2.95. The molecule has 0 aromatic heterocycles. The molecule has 2 rings (SSSR count). The van der Waals surface area contributed by atoms with Gasteiger partial charge in [0.15, 0.2) is 0 Å². The molecule has 1 atom stereocenters. The molecule has 1 nitrogen and oxygen atoms in total. The van der Waals surface area contributed by atoms with Crippen LogP contribution in [0, 0.1) is 12.8 Å². The van der Waals surface area contributed by atoms with Gasteiger partial charge in [-0.15, -0.1) is 0 Å². The Morgan fingerprint density at radius 1 is 1.21 bits per heavy atom. The minimum Gasteiger partial charge on any atom is -0.306 e. The van der Waals surface area contributed by atoms with Crippen LogP contribution < -0.4 is 0 Å². The molecule has 0 radical (unpaired) electrons. The second kappa shape index (κ2) is 5.82. The van der Waals surface area contributed by atoms with E-state index in [0.29, 0.717) is 0 Å². The van der Waals surface area contributed by atoms with Crippen molar-refractivity contribution in [3.8, 4) is 0 Å². The molecule has 1 aromatic carbocycles. The predicted molar refractivity (Wildman–Crippen MR) is 62.5 cm³/mol. The minimum absolute atomic E-state index is 0.949. The van der Waals surface area contributed by atoms with E-state index in [9.17, 15) is 0 Å². The average molecular weight is 191 g/mol. The number of benzene rings is 1. The van der Waals surface area contributed by atoms with Gasteiger partial charge in [0.05, 0.1) is 0 Å². The highest BCUT2D eigenvalue weighted by Gasteiger charge is 2.13. The highest BCUT2D eigenvalue weighted by atomic mass is 15.1. The van der Waals surface area contributed by atoms with Gasteiger partial charge in [-0.05, 0) is 32.9 Å². The maximum absolute atomic E-state index is 2.38. The van der Waals surface area contributed by atoms with E-state index in [2.05, 4.69) is 37.9 Å². The van der Waals surface area contributed by atoms with Gasteiger partial charge in [0.1, 0.15) is 0 Å². The molecular weight excluding hydrogens is 170 g/mol. The first-order valence-electron chi connectivity index (χ1n) is 5.38. The maximum Gasteiger partial charge on any atom is 0.000445 e. The minimum atomic E-state index is 0.949. The van der Waals surface area contributed by atoms with Crippen LogP contribution in [0.15, 0.2) is 30.3 Å². The summed E-state index contributed by atoms with van der Waals surface area (Å²) in [5.74, 6) is 0.949. The Hall–Kier alpha value is -0.820. The van der Waals surface area contributed by atoms with Crippen molar-refractivity contribution in [2.24, 2.45) is 5.92 Å². The number of aryl methyl sites for hydroxylation is 1. The summed E-state index contributed by atoms with van der Waals surface area (Å²) >= 11 is 0. The molecule has 0 spiro atoms. The average Bonchev–Trinajstić information content (AvgIpc) is 2.52. The van der Waals surface area contributed by atoms with Gasteiger partial charge in [-0.25, -0.2) is 0 Å². The highest BCUT2D eigenvalue weighted by molar-refractivity contribution is 5.11. The molecule has 1 heterocycles. The molecule has 0 N–H and O–H groups in total. The molecule has 1 heteroatoms. The molecule has 14 heavy (non-hydrogen) atoms. The van der Waals surface area contributed by atoms with Gasteiger partial charge in [-0.3, -0.25) is 0 Å². The normalized spacial score (nSPS) is 21.5. The third-order valence-corrected chi connectivity index (χ3v) is 2.57. The fourth-order valence-electron chi connectivity index (χ4n) is 1.69. The smallest absolute Gasteiger partial charge is 0.000445 e. The largest absolute Gasteiger partial charge is 0.306 e. The van der Waals surface area contributed by atoms with Crippen molar-refractivity contribution in [1.82, 2.24) is 4.90 Å². The molecule has 1 aliphatic rings. The SMILES string of the molecule is CC1CCN(C)C1.Cc1ccccc1. The van der Waals surface area contributed by atoms with Crippen molar-refractivity contribution in [2.75, 3.05) is 20.1 Å². The van der Waals surface area contributed by atoms with Crippen molar-refractivity contribution in [3.63, 3.8) is 0 Å². The molecule has 78 valence electrons. The third kappa shape index (κ3) is 4.43. The summed E-state index contributed by atoms with van der Waals surface area (Å²) in [4.78, 5) is 2.38. The van der Waals surface area contributed by atoms with E-state index in [0.717, 1.165) is 5.92 Å². The summed E-state index contributed by atoms with van der Waals surface area (Å²) < 4.78 is 0. The number of rotatable bonds is 0. The lowest BCUT2D eigenvalue weighted by molar-refractivity contribution is 0.402. The van der Waals surface area contributed by atoms with E-state index in [4.69, 9.17) is 0 Å². The van der Waals surface area contributed by atoms with Gasteiger partial charge in [0.25, 0.3) is 0 Å². The van der Waals surface area contributed by atoms with Gasteiger partial charge >= 0.3 is 0 Å². The molecular formula is C13H21N. The molecule has 1 aliphatic heterocycles. The summed E-state index contributed by atoms with van der Waals surface area (Å²) in [5.41, 5.74) is 1.32. The van der Waals surface area contributed by atoms with Gasteiger partial charge in [-0.1, -0.05) is 42.8 Å². The van der Waals surface area contributed by atoms with Crippen LogP contribution >= 0.6 is 0 Å². The summed E-state index contributed by atoms with van der Waals surface area (Å²) in [6.45, 7) is 7.00. The van der Waals surface area contributed by atoms with Crippen molar-refractivity contribution in [1.29, 1.82) is 0 Å².